The van der Waals surface area contributed by atoms with E-state index in [2.05, 4.69) is 0 Å². The van der Waals surface area contributed by atoms with Crippen LogP contribution in [0.4, 0.5) is 0 Å². The Morgan fingerprint density at radius 2 is 1.40 bits per heavy atom. The second kappa shape index (κ2) is 16.2. The van der Waals surface area contributed by atoms with Gasteiger partial charge in [-0.1, -0.05) is 20.8 Å². The van der Waals surface area contributed by atoms with Crippen LogP contribution in [-0.2, 0) is 0 Å². The molecule has 0 bridgehead atoms. The van der Waals surface area contributed by atoms with Crippen molar-refractivity contribution < 1.29 is 0 Å². The number of halogens is 2. The first-order valence-corrected chi connectivity index (χ1v) is 3.67. The Morgan fingerprint density at radius 1 is 1.20 bits per heavy atom. The van der Waals surface area contributed by atoms with Crippen molar-refractivity contribution in [3.8, 4) is 0 Å². The number of rotatable bonds is 2. The third-order valence-electron chi connectivity index (χ3n) is 0.686. The highest BCUT2D eigenvalue weighted by molar-refractivity contribution is 6.13. The Hall–Kier alpha value is 0.500. The SMILES string of the molecule is CCN.CCN(Cl)CC.Cl. The van der Waals surface area contributed by atoms with Crippen LogP contribution in [0.1, 0.15) is 20.8 Å². The van der Waals surface area contributed by atoms with Crippen molar-refractivity contribution >= 4 is 24.2 Å². The lowest BCUT2D eigenvalue weighted by atomic mass is 10.7. The molecule has 10 heavy (non-hydrogen) atoms. The lowest BCUT2D eigenvalue weighted by Crippen LogP contribution is -2.08. The quantitative estimate of drug-likeness (QED) is 0.672. The normalized spacial score (nSPS) is 7.80. The van der Waals surface area contributed by atoms with E-state index in [4.69, 9.17) is 17.5 Å². The highest BCUT2D eigenvalue weighted by atomic mass is 35.5. The maximum Gasteiger partial charge on any atom is 0.0110 e. The molecule has 0 spiro atoms. The minimum Gasteiger partial charge on any atom is -0.331 e. The second-order valence-corrected chi connectivity index (χ2v) is 1.98. The topological polar surface area (TPSA) is 29.3 Å². The van der Waals surface area contributed by atoms with Gasteiger partial charge in [0.15, 0.2) is 0 Å². The molecule has 4 heteroatoms. The molecule has 0 rings (SSSR count). The third-order valence-corrected chi connectivity index (χ3v) is 1.16. The van der Waals surface area contributed by atoms with E-state index in [1.165, 1.54) is 0 Å². The highest BCUT2D eigenvalue weighted by Gasteiger charge is 1.85. The molecule has 0 atom stereocenters. The summed E-state index contributed by atoms with van der Waals surface area (Å²) < 4.78 is 1.72. The summed E-state index contributed by atoms with van der Waals surface area (Å²) in [5.41, 5.74) is 4.85. The van der Waals surface area contributed by atoms with E-state index in [-0.39, 0.29) is 12.4 Å². The van der Waals surface area contributed by atoms with E-state index in [1.807, 2.05) is 20.8 Å². The van der Waals surface area contributed by atoms with Crippen molar-refractivity contribution in [3.05, 3.63) is 0 Å². The minimum atomic E-state index is 0. The molecule has 0 aromatic rings. The number of hydrogen-bond acceptors (Lipinski definition) is 2. The van der Waals surface area contributed by atoms with E-state index in [0.29, 0.717) is 0 Å². The second-order valence-electron chi connectivity index (χ2n) is 1.50. The first-order chi connectivity index (χ1) is 4.22. The Morgan fingerprint density at radius 3 is 1.40 bits per heavy atom. The van der Waals surface area contributed by atoms with Crippen LogP contribution in [0.2, 0.25) is 0 Å². The number of nitrogens with zero attached hydrogens (tertiary/aromatic N) is 1. The lowest BCUT2D eigenvalue weighted by Gasteiger charge is -2.03. The molecule has 2 N–H and O–H groups in total. The molecule has 0 aliphatic carbocycles. The van der Waals surface area contributed by atoms with Crippen LogP contribution in [0.3, 0.4) is 0 Å². The Bertz CT molecular complexity index is 40.7. The first kappa shape index (κ1) is 16.8. The Labute approximate surface area is 75.2 Å². The lowest BCUT2D eigenvalue weighted by molar-refractivity contribution is 0.507. The van der Waals surface area contributed by atoms with Gasteiger partial charge in [-0.3, -0.25) is 0 Å². The van der Waals surface area contributed by atoms with Gasteiger partial charge in [0.25, 0.3) is 0 Å². The molecule has 0 amide bonds. The average molecular weight is 189 g/mol. The predicted molar refractivity (Wildman–Crippen MR) is 50.8 cm³/mol. The van der Waals surface area contributed by atoms with Gasteiger partial charge in [0.05, 0.1) is 0 Å². The summed E-state index contributed by atoms with van der Waals surface area (Å²) in [5.74, 6) is 0. The van der Waals surface area contributed by atoms with E-state index < -0.39 is 0 Å². The maximum atomic E-state index is 5.48. The van der Waals surface area contributed by atoms with Crippen molar-refractivity contribution in [2.75, 3.05) is 19.6 Å². The molecule has 0 unspecified atom stereocenters. The predicted octanol–water partition coefficient (Wildman–Crippen LogP) is 1.87. The van der Waals surface area contributed by atoms with Crippen molar-refractivity contribution in [2.24, 2.45) is 5.73 Å². The van der Waals surface area contributed by atoms with E-state index in [0.717, 1.165) is 19.6 Å². The van der Waals surface area contributed by atoms with E-state index in [9.17, 15) is 0 Å². The summed E-state index contributed by atoms with van der Waals surface area (Å²) in [7, 11) is 0. The summed E-state index contributed by atoms with van der Waals surface area (Å²) >= 11 is 5.48. The zero-order chi connectivity index (χ0) is 7.70. The number of hydrogen-bond donors (Lipinski definition) is 1. The Kier molecular flexibility index (Phi) is 27.4. The molecule has 0 aliphatic rings. The fourth-order valence-electron chi connectivity index (χ4n) is 0.224. The smallest absolute Gasteiger partial charge is 0.0110 e. The molecule has 0 aliphatic heterocycles. The summed E-state index contributed by atoms with van der Waals surface area (Å²) in [5, 5.41) is 0. The summed E-state index contributed by atoms with van der Waals surface area (Å²) in [6.07, 6.45) is 0. The first-order valence-electron chi connectivity index (χ1n) is 3.33. The van der Waals surface area contributed by atoms with Gasteiger partial charge in [-0.15, -0.1) is 12.4 Å². The van der Waals surface area contributed by atoms with Crippen molar-refractivity contribution in [3.63, 3.8) is 0 Å². The fraction of sp³-hybridized carbons (Fsp3) is 1.00. The summed E-state index contributed by atoms with van der Waals surface area (Å²) in [6.45, 7) is 8.56. The number of nitrogens with two attached hydrogens (primary N) is 1. The Balaban J connectivity index is -0.000000107. The fourth-order valence-corrected chi connectivity index (χ4v) is 0.224. The van der Waals surface area contributed by atoms with Gasteiger partial charge < -0.3 is 5.73 Å². The molecule has 0 saturated carbocycles. The monoisotopic (exact) mass is 188 g/mol. The molecule has 2 nitrogen and oxygen atoms in total. The molecule has 0 aromatic heterocycles. The van der Waals surface area contributed by atoms with Crippen LogP contribution >= 0.6 is 24.2 Å². The molecule has 66 valence electrons. The van der Waals surface area contributed by atoms with Gasteiger partial charge in [-0.25, -0.2) is 4.42 Å². The van der Waals surface area contributed by atoms with Crippen molar-refractivity contribution in [2.45, 2.75) is 20.8 Å². The molecule has 0 heterocycles. The van der Waals surface area contributed by atoms with Gasteiger partial charge in [0, 0.05) is 13.1 Å². The average Bonchev–Trinajstić information content (AvgIpc) is 1.88. The molecule has 0 aromatic carbocycles. The molecule has 0 saturated heterocycles. The van der Waals surface area contributed by atoms with Gasteiger partial charge >= 0.3 is 0 Å². The largest absolute Gasteiger partial charge is 0.331 e. The van der Waals surface area contributed by atoms with Crippen LogP contribution < -0.4 is 5.73 Å². The van der Waals surface area contributed by atoms with Crippen LogP contribution in [-0.4, -0.2) is 24.1 Å². The third kappa shape index (κ3) is 23.6. The molecular weight excluding hydrogens is 171 g/mol. The van der Waals surface area contributed by atoms with Gasteiger partial charge in [-0.2, -0.15) is 0 Å². The maximum absolute atomic E-state index is 5.48. The molecule has 0 radical (unpaired) electrons. The highest BCUT2D eigenvalue weighted by Crippen LogP contribution is 1.87. The van der Waals surface area contributed by atoms with E-state index in [1.54, 1.807) is 4.42 Å². The summed E-state index contributed by atoms with van der Waals surface area (Å²) in [4.78, 5) is 0. The van der Waals surface area contributed by atoms with Crippen LogP contribution in [0.5, 0.6) is 0 Å². The van der Waals surface area contributed by atoms with Crippen molar-refractivity contribution in [1.29, 1.82) is 0 Å². The zero-order valence-electron chi connectivity index (χ0n) is 6.93. The van der Waals surface area contributed by atoms with Crippen LogP contribution in [0, 0.1) is 0 Å². The van der Waals surface area contributed by atoms with E-state index >= 15 is 0 Å². The van der Waals surface area contributed by atoms with Crippen LogP contribution in [0.15, 0.2) is 0 Å². The van der Waals surface area contributed by atoms with Gasteiger partial charge in [-0.05, 0) is 18.3 Å². The molecular formula is C6H18Cl2N2. The van der Waals surface area contributed by atoms with Crippen molar-refractivity contribution in [1.82, 2.24) is 4.42 Å². The minimum absolute atomic E-state index is 0. The standard InChI is InChI=1S/C4H10ClN.C2H7N.ClH/c1-3-6(5)4-2;1-2-3;/h3-4H2,1-2H3;2-3H2,1H3;1H. The van der Waals surface area contributed by atoms with Gasteiger partial charge in [0.2, 0.25) is 0 Å². The van der Waals surface area contributed by atoms with Crippen LogP contribution in [0.25, 0.3) is 0 Å². The summed E-state index contributed by atoms with van der Waals surface area (Å²) in [6, 6.07) is 0. The molecule has 0 fully saturated rings. The van der Waals surface area contributed by atoms with Gasteiger partial charge in [0.1, 0.15) is 0 Å². The zero-order valence-corrected chi connectivity index (χ0v) is 8.50.